The first kappa shape index (κ1) is 17.8. The lowest BCUT2D eigenvalue weighted by Gasteiger charge is -2.21. The van der Waals surface area contributed by atoms with Crippen LogP contribution in [0.25, 0.3) is 0 Å². The largest absolute Gasteiger partial charge is 0.381 e. The molecule has 1 aromatic heterocycles. The number of aryl methyl sites for hydroxylation is 2. The Balaban J connectivity index is 1.32. The van der Waals surface area contributed by atoms with E-state index in [0.717, 1.165) is 32.1 Å². The molecule has 0 spiro atoms. The Kier molecular flexibility index (Phi) is 8.98. The highest BCUT2D eigenvalue weighted by atomic mass is 32.2. The molecule has 2 heterocycles. The van der Waals surface area contributed by atoms with Gasteiger partial charge in [0.1, 0.15) is 17.8 Å². The van der Waals surface area contributed by atoms with Gasteiger partial charge < -0.3 is 9.47 Å². The summed E-state index contributed by atoms with van der Waals surface area (Å²) in [4.78, 5) is 0. The van der Waals surface area contributed by atoms with Crippen LogP contribution in [0.4, 0.5) is 0 Å². The number of hydrogen-bond acceptors (Lipinski definition) is 3. The molecule has 5 heteroatoms. The monoisotopic (exact) mass is 327 g/mol. The average Bonchev–Trinajstić information content (AvgIpc) is 2.95. The molecule has 0 amide bonds. The van der Waals surface area contributed by atoms with Crippen molar-refractivity contribution in [1.29, 1.82) is 0 Å². The highest BCUT2D eigenvalue weighted by molar-refractivity contribution is 7.99. The smallest absolute Gasteiger partial charge is 0.243 e. The molecule has 4 nitrogen and oxygen atoms in total. The average molecular weight is 328 g/mol. The van der Waals surface area contributed by atoms with Gasteiger partial charge in [0, 0.05) is 19.0 Å². The van der Waals surface area contributed by atoms with E-state index >= 15 is 0 Å². The molecule has 126 valence electrons. The molecule has 0 saturated carbocycles. The van der Waals surface area contributed by atoms with Crippen molar-refractivity contribution in [2.75, 3.05) is 25.6 Å². The van der Waals surface area contributed by atoms with E-state index in [0.29, 0.717) is 5.44 Å². The van der Waals surface area contributed by atoms with Crippen LogP contribution in [0.5, 0.6) is 0 Å². The molecule has 0 bridgehead atoms. The fourth-order valence-corrected chi connectivity index (χ4v) is 3.67. The summed E-state index contributed by atoms with van der Waals surface area (Å²) in [6.45, 7) is 3.84. The molecule has 22 heavy (non-hydrogen) atoms. The molecule has 0 aromatic carbocycles. The molecule has 1 aromatic rings. The minimum atomic E-state index is 0.424. The number of imidazole rings is 1. The second-order valence-electron chi connectivity index (χ2n) is 6.01. The molecule has 0 aliphatic carbocycles. The number of rotatable bonds is 11. The second kappa shape index (κ2) is 11.1. The Bertz CT molecular complexity index is 392. The first-order valence-corrected chi connectivity index (χ1v) is 9.71. The van der Waals surface area contributed by atoms with E-state index in [1.165, 1.54) is 44.9 Å². The lowest BCUT2D eigenvalue weighted by atomic mass is 10.2. The zero-order valence-electron chi connectivity index (χ0n) is 13.9. The van der Waals surface area contributed by atoms with Crippen molar-refractivity contribution < 1.29 is 14.0 Å². The van der Waals surface area contributed by atoms with Crippen molar-refractivity contribution in [3.63, 3.8) is 0 Å². The maximum Gasteiger partial charge on any atom is 0.243 e. The molecule has 1 saturated heterocycles. The Labute approximate surface area is 139 Å². The minimum Gasteiger partial charge on any atom is -0.381 e. The number of ether oxygens (including phenoxy) is 2. The minimum absolute atomic E-state index is 0.424. The second-order valence-corrected chi connectivity index (χ2v) is 7.28. The predicted octanol–water partition coefficient (Wildman–Crippen LogP) is 3.15. The van der Waals surface area contributed by atoms with E-state index in [4.69, 9.17) is 9.47 Å². The first-order chi connectivity index (χ1) is 10.8. The van der Waals surface area contributed by atoms with Gasteiger partial charge in [0.2, 0.25) is 6.33 Å². The summed E-state index contributed by atoms with van der Waals surface area (Å²) in [7, 11) is 2.06. The van der Waals surface area contributed by atoms with Gasteiger partial charge in [-0.25, -0.2) is 9.13 Å². The van der Waals surface area contributed by atoms with Crippen molar-refractivity contribution >= 4 is 11.8 Å². The molecular formula is C17H31N2O2S+. The fourth-order valence-electron chi connectivity index (χ4n) is 2.67. The van der Waals surface area contributed by atoms with Gasteiger partial charge in [0.05, 0.1) is 20.2 Å². The van der Waals surface area contributed by atoms with Crippen LogP contribution >= 0.6 is 11.8 Å². The number of thioether (sulfide) groups is 1. The van der Waals surface area contributed by atoms with Crippen molar-refractivity contribution in [2.24, 2.45) is 7.05 Å². The summed E-state index contributed by atoms with van der Waals surface area (Å²) in [5, 5.41) is 0. The van der Waals surface area contributed by atoms with Crippen LogP contribution in [0.3, 0.4) is 0 Å². The van der Waals surface area contributed by atoms with Crippen LogP contribution in [0.15, 0.2) is 18.7 Å². The summed E-state index contributed by atoms with van der Waals surface area (Å²) >= 11 is 1.92. The summed E-state index contributed by atoms with van der Waals surface area (Å²) in [5.41, 5.74) is 0.424. The van der Waals surface area contributed by atoms with E-state index in [2.05, 4.69) is 34.9 Å². The molecule has 0 N–H and O–H groups in total. The first-order valence-electron chi connectivity index (χ1n) is 8.66. The molecule has 0 radical (unpaired) electrons. The van der Waals surface area contributed by atoms with E-state index in [-0.39, 0.29) is 0 Å². The molecular weight excluding hydrogens is 296 g/mol. The third-order valence-corrected chi connectivity index (χ3v) is 5.09. The topological polar surface area (TPSA) is 27.3 Å². The Morgan fingerprint density at radius 1 is 1.23 bits per heavy atom. The Morgan fingerprint density at radius 2 is 2.14 bits per heavy atom. The van der Waals surface area contributed by atoms with Crippen molar-refractivity contribution in [2.45, 2.75) is 56.9 Å². The molecule has 2 rings (SSSR count). The summed E-state index contributed by atoms with van der Waals surface area (Å²) in [6, 6.07) is 0. The third kappa shape index (κ3) is 7.65. The van der Waals surface area contributed by atoms with E-state index in [9.17, 15) is 0 Å². The summed E-state index contributed by atoms with van der Waals surface area (Å²) in [5.74, 6) is 1.06. The number of unbranched alkanes of at least 4 members (excludes halogenated alkanes) is 3. The highest BCUT2D eigenvalue weighted by Crippen LogP contribution is 2.22. The highest BCUT2D eigenvalue weighted by Gasteiger charge is 2.13. The van der Waals surface area contributed by atoms with Gasteiger partial charge in [-0.15, -0.1) is 11.8 Å². The van der Waals surface area contributed by atoms with Gasteiger partial charge >= 0.3 is 0 Å². The van der Waals surface area contributed by atoms with Crippen LogP contribution in [0.2, 0.25) is 0 Å². The zero-order valence-corrected chi connectivity index (χ0v) is 14.7. The lowest BCUT2D eigenvalue weighted by Crippen LogP contribution is -2.23. The third-order valence-electron chi connectivity index (χ3n) is 3.95. The van der Waals surface area contributed by atoms with Gasteiger partial charge in [0.15, 0.2) is 0 Å². The zero-order chi connectivity index (χ0) is 15.5. The Morgan fingerprint density at radius 3 is 2.91 bits per heavy atom. The quantitative estimate of drug-likeness (QED) is 0.461. The van der Waals surface area contributed by atoms with Gasteiger partial charge in [-0.3, -0.25) is 0 Å². The van der Waals surface area contributed by atoms with Crippen molar-refractivity contribution in [3.05, 3.63) is 18.7 Å². The summed E-state index contributed by atoms with van der Waals surface area (Å²) in [6.07, 6.45) is 15.1. The summed E-state index contributed by atoms with van der Waals surface area (Å²) < 4.78 is 15.7. The van der Waals surface area contributed by atoms with Gasteiger partial charge in [0.25, 0.3) is 0 Å². The molecule has 1 unspecified atom stereocenters. The lowest BCUT2D eigenvalue weighted by molar-refractivity contribution is -0.671. The normalized spacial score (nSPS) is 18.7. The molecule has 1 fully saturated rings. The molecule has 1 aliphatic rings. The predicted molar refractivity (Wildman–Crippen MR) is 90.9 cm³/mol. The standard InChI is InChI=1S/C17H31N2O2S/c1-18-10-11-19(16-18)9-5-2-3-6-12-20-14-15-22-17-8-4-7-13-21-17/h10-11,16-17H,2-9,12-15H2,1H3/q+1. The van der Waals surface area contributed by atoms with Crippen molar-refractivity contribution in [3.8, 4) is 0 Å². The number of nitrogens with zero attached hydrogens (tertiary/aromatic N) is 2. The number of hydrogen-bond donors (Lipinski definition) is 0. The Hall–Kier alpha value is -0.520. The number of aromatic nitrogens is 2. The van der Waals surface area contributed by atoms with E-state index in [1.807, 2.05) is 11.8 Å². The van der Waals surface area contributed by atoms with Crippen LogP contribution in [-0.2, 0) is 23.1 Å². The maximum atomic E-state index is 5.71. The van der Waals surface area contributed by atoms with Crippen molar-refractivity contribution in [1.82, 2.24) is 4.57 Å². The van der Waals surface area contributed by atoms with Gasteiger partial charge in [-0.2, -0.15) is 0 Å². The molecule has 1 atom stereocenters. The van der Waals surface area contributed by atoms with Crippen LogP contribution in [0.1, 0.15) is 44.9 Å². The van der Waals surface area contributed by atoms with Gasteiger partial charge in [-0.05, 0) is 38.5 Å². The van der Waals surface area contributed by atoms with Crippen LogP contribution in [-0.4, -0.2) is 35.6 Å². The fraction of sp³-hybridized carbons (Fsp3) is 0.824. The SMILES string of the molecule is C[n+]1ccn(CCCCCCOCCSC2CCCCO2)c1. The molecule has 1 aliphatic heterocycles. The van der Waals surface area contributed by atoms with E-state index < -0.39 is 0 Å². The van der Waals surface area contributed by atoms with Crippen LogP contribution in [0, 0.1) is 0 Å². The van der Waals surface area contributed by atoms with Crippen LogP contribution < -0.4 is 4.57 Å². The van der Waals surface area contributed by atoms with E-state index in [1.54, 1.807) is 0 Å². The maximum absolute atomic E-state index is 5.71. The van der Waals surface area contributed by atoms with Gasteiger partial charge in [-0.1, -0.05) is 6.42 Å².